The summed E-state index contributed by atoms with van der Waals surface area (Å²) in [7, 11) is 0. The van der Waals surface area contributed by atoms with Crippen LogP contribution in [0.1, 0.15) is 30.4 Å². The van der Waals surface area contributed by atoms with Gasteiger partial charge in [-0.25, -0.2) is 0 Å². The van der Waals surface area contributed by atoms with Crippen LogP contribution in [0.3, 0.4) is 0 Å². The minimum atomic E-state index is 0.0653. The van der Waals surface area contributed by atoms with E-state index in [2.05, 4.69) is 41.7 Å². The number of halogens is 1. The number of nitrogens with one attached hydrogen (secondary N) is 1. The van der Waals surface area contributed by atoms with Gasteiger partial charge in [0.1, 0.15) is 0 Å². The first-order chi connectivity index (χ1) is 10.3. The fourth-order valence-corrected chi connectivity index (χ4v) is 3.02. The molecule has 21 heavy (non-hydrogen) atoms. The first-order valence-corrected chi connectivity index (χ1v) is 7.88. The van der Waals surface area contributed by atoms with Crippen LogP contribution in [0.4, 0.5) is 5.69 Å². The maximum absolute atomic E-state index is 11.9. The van der Waals surface area contributed by atoms with Crippen molar-refractivity contribution in [3.8, 4) is 11.1 Å². The number of alkyl halides is 1. The maximum Gasteiger partial charge on any atom is 0.224 e. The normalized spacial score (nSPS) is 11.9. The second kappa shape index (κ2) is 6.31. The van der Waals surface area contributed by atoms with Gasteiger partial charge in [-0.05, 0) is 53.6 Å². The van der Waals surface area contributed by atoms with E-state index in [4.69, 9.17) is 11.6 Å². The number of benzene rings is 2. The zero-order valence-electron chi connectivity index (χ0n) is 11.9. The lowest BCUT2D eigenvalue weighted by atomic mass is 10.1. The Morgan fingerprint density at radius 1 is 1.05 bits per heavy atom. The van der Waals surface area contributed by atoms with Crippen LogP contribution in [0.2, 0.25) is 0 Å². The molecule has 0 saturated heterocycles. The number of amides is 1. The number of hydrogen-bond donors (Lipinski definition) is 1. The second-order valence-corrected chi connectivity index (χ2v) is 5.78. The predicted molar refractivity (Wildman–Crippen MR) is 87.9 cm³/mol. The molecule has 0 atom stereocenters. The van der Waals surface area contributed by atoms with Crippen molar-refractivity contribution >= 4 is 23.2 Å². The molecule has 0 fully saturated rings. The number of hydrogen-bond acceptors (Lipinski definition) is 1. The van der Waals surface area contributed by atoms with Gasteiger partial charge in [0, 0.05) is 18.0 Å². The molecule has 0 bridgehead atoms. The Morgan fingerprint density at radius 3 is 2.71 bits per heavy atom. The fourth-order valence-electron chi connectivity index (χ4n) is 2.83. The van der Waals surface area contributed by atoms with Crippen LogP contribution in [0.25, 0.3) is 11.1 Å². The van der Waals surface area contributed by atoms with E-state index in [0.717, 1.165) is 24.9 Å². The summed E-state index contributed by atoms with van der Waals surface area (Å²) in [6, 6.07) is 14.7. The molecule has 2 aromatic carbocycles. The van der Waals surface area contributed by atoms with Gasteiger partial charge in [-0.2, -0.15) is 0 Å². The zero-order valence-corrected chi connectivity index (χ0v) is 12.6. The molecule has 1 N–H and O–H groups in total. The van der Waals surface area contributed by atoms with Crippen LogP contribution >= 0.6 is 11.6 Å². The van der Waals surface area contributed by atoms with E-state index in [1.807, 2.05) is 6.07 Å². The van der Waals surface area contributed by atoms with Crippen LogP contribution in [-0.2, 0) is 11.2 Å². The topological polar surface area (TPSA) is 29.1 Å². The van der Waals surface area contributed by atoms with Gasteiger partial charge in [0.2, 0.25) is 5.91 Å². The van der Waals surface area contributed by atoms with E-state index >= 15 is 0 Å². The minimum Gasteiger partial charge on any atom is -0.326 e. The number of unbranched alkanes of at least 4 members (excludes halogenated alkanes) is 1. The summed E-state index contributed by atoms with van der Waals surface area (Å²) in [5.41, 5.74) is 6.13. The van der Waals surface area contributed by atoms with E-state index in [1.165, 1.54) is 22.3 Å². The van der Waals surface area contributed by atoms with E-state index in [-0.39, 0.29) is 5.91 Å². The molecule has 0 aliphatic heterocycles. The van der Waals surface area contributed by atoms with Crippen molar-refractivity contribution in [2.45, 2.75) is 25.7 Å². The lowest BCUT2D eigenvalue weighted by molar-refractivity contribution is -0.116. The second-order valence-electron chi connectivity index (χ2n) is 5.40. The summed E-state index contributed by atoms with van der Waals surface area (Å²) in [5, 5.41) is 2.98. The Hall–Kier alpha value is -1.80. The predicted octanol–water partition coefficient (Wildman–Crippen LogP) is 4.61. The van der Waals surface area contributed by atoms with Crippen molar-refractivity contribution in [3.63, 3.8) is 0 Å². The highest BCUT2D eigenvalue weighted by molar-refractivity contribution is 6.17. The van der Waals surface area contributed by atoms with Gasteiger partial charge in [-0.3, -0.25) is 4.79 Å². The van der Waals surface area contributed by atoms with Crippen molar-refractivity contribution < 1.29 is 4.79 Å². The molecule has 108 valence electrons. The molecule has 0 unspecified atom stereocenters. The molecular weight excluding hydrogens is 282 g/mol. The molecule has 2 aromatic rings. The highest BCUT2D eigenvalue weighted by Gasteiger charge is 2.18. The fraction of sp³-hybridized carbons (Fsp3) is 0.278. The van der Waals surface area contributed by atoms with Crippen molar-refractivity contribution in [2.24, 2.45) is 0 Å². The standard InChI is InChI=1S/C18H18ClNO/c19-10-4-3-7-18(21)20-15-8-9-17-14(12-15)11-13-5-1-2-6-16(13)17/h1-2,5-6,8-9,12H,3-4,7,10-11H2,(H,20,21). The van der Waals surface area contributed by atoms with Crippen molar-refractivity contribution in [1.82, 2.24) is 0 Å². The number of carbonyl (C=O) groups is 1. The smallest absolute Gasteiger partial charge is 0.224 e. The Morgan fingerprint density at radius 2 is 1.86 bits per heavy atom. The maximum atomic E-state index is 11.9. The summed E-state index contributed by atoms with van der Waals surface area (Å²) in [6.45, 7) is 0. The van der Waals surface area contributed by atoms with Gasteiger partial charge >= 0.3 is 0 Å². The van der Waals surface area contributed by atoms with Crippen LogP contribution in [0.15, 0.2) is 42.5 Å². The molecule has 0 spiro atoms. The molecule has 1 aliphatic carbocycles. The van der Waals surface area contributed by atoms with Gasteiger partial charge in [0.15, 0.2) is 0 Å². The molecule has 3 heteroatoms. The number of fused-ring (bicyclic) bond motifs is 3. The average Bonchev–Trinajstić information content (AvgIpc) is 2.85. The number of carbonyl (C=O) groups excluding carboxylic acids is 1. The van der Waals surface area contributed by atoms with Crippen LogP contribution < -0.4 is 5.32 Å². The average molecular weight is 300 g/mol. The van der Waals surface area contributed by atoms with Crippen molar-refractivity contribution in [1.29, 1.82) is 0 Å². The summed E-state index contributed by atoms with van der Waals surface area (Å²) in [6.07, 6.45) is 3.20. The number of rotatable bonds is 5. The molecule has 0 heterocycles. The Kier molecular flexibility index (Phi) is 4.26. The van der Waals surface area contributed by atoms with Crippen LogP contribution in [-0.4, -0.2) is 11.8 Å². The Bertz CT molecular complexity index is 666. The van der Waals surface area contributed by atoms with E-state index < -0.39 is 0 Å². The molecule has 0 radical (unpaired) electrons. The Balaban J connectivity index is 1.71. The van der Waals surface area contributed by atoms with Gasteiger partial charge in [-0.15, -0.1) is 11.6 Å². The SMILES string of the molecule is O=C(CCCCCl)Nc1ccc2c(c1)Cc1ccccc1-2. The lowest BCUT2D eigenvalue weighted by Gasteiger charge is -2.07. The van der Waals surface area contributed by atoms with E-state index in [9.17, 15) is 4.79 Å². The van der Waals surface area contributed by atoms with Gasteiger partial charge in [-0.1, -0.05) is 30.3 Å². The molecule has 1 amide bonds. The quantitative estimate of drug-likeness (QED) is 0.541. The number of anilines is 1. The highest BCUT2D eigenvalue weighted by atomic mass is 35.5. The lowest BCUT2D eigenvalue weighted by Crippen LogP contribution is -2.11. The van der Waals surface area contributed by atoms with Gasteiger partial charge in [0.05, 0.1) is 0 Å². The third kappa shape index (κ3) is 3.11. The van der Waals surface area contributed by atoms with Crippen molar-refractivity contribution in [2.75, 3.05) is 11.2 Å². The first-order valence-electron chi connectivity index (χ1n) is 7.35. The largest absolute Gasteiger partial charge is 0.326 e. The third-order valence-electron chi connectivity index (χ3n) is 3.86. The third-order valence-corrected chi connectivity index (χ3v) is 4.13. The molecule has 1 aliphatic rings. The summed E-state index contributed by atoms with van der Waals surface area (Å²) in [5.74, 6) is 0.681. The molecule has 2 nitrogen and oxygen atoms in total. The van der Waals surface area contributed by atoms with E-state index in [1.54, 1.807) is 0 Å². The molecule has 3 rings (SSSR count). The van der Waals surface area contributed by atoms with E-state index in [0.29, 0.717) is 12.3 Å². The van der Waals surface area contributed by atoms with Crippen LogP contribution in [0.5, 0.6) is 0 Å². The first kappa shape index (κ1) is 14.2. The zero-order chi connectivity index (χ0) is 14.7. The summed E-state index contributed by atoms with van der Waals surface area (Å²) < 4.78 is 0. The Labute approximate surface area is 130 Å². The van der Waals surface area contributed by atoms with Crippen molar-refractivity contribution in [3.05, 3.63) is 53.6 Å². The van der Waals surface area contributed by atoms with Gasteiger partial charge in [0.25, 0.3) is 0 Å². The highest BCUT2D eigenvalue weighted by Crippen LogP contribution is 2.37. The van der Waals surface area contributed by atoms with Gasteiger partial charge < -0.3 is 5.32 Å². The monoisotopic (exact) mass is 299 g/mol. The van der Waals surface area contributed by atoms with Crippen LogP contribution in [0, 0.1) is 0 Å². The summed E-state index contributed by atoms with van der Waals surface area (Å²) in [4.78, 5) is 11.9. The minimum absolute atomic E-state index is 0.0653. The molecule has 0 saturated carbocycles. The summed E-state index contributed by atoms with van der Waals surface area (Å²) >= 11 is 5.62. The molecule has 0 aromatic heterocycles. The molecular formula is C18H18ClNO.